The van der Waals surface area contributed by atoms with Crippen molar-refractivity contribution < 1.29 is 17.7 Å². The fourth-order valence-corrected chi connectivity index (χ4v) is 5.13. The molecule has 0 aromatic rings. The van der Waals surface area contributed by atoms with Gasteiger partial charge in [-0.25, -0.2) is 0 Å². The Balaban J connectivity index is 2.06. The monoisotopic (exact) mass is 365 g/mol. The Morgan fingerprint density at radius 1 is 1.36 bits per heavy atom. The summed E-state index contributed by atoms with van der Waals surface area (Å²) in [7, 11) is 0. The van der Waals surface area contributed by atoms with Gasteiger partial charge in [-0.3, -0.25) is 0 Å². The van der Waals surface area contributed by atoms with E-state index in [-0.39, 0.29) is 17.7 Å². The van der Waals surface area contributed by atoms with Crippen molar-refractivity contribution in [1.29, 1.82) is 0 Å². The van der Waals surface area contributed by atoms with E-state index in [0.717, 1.165) is 0 Å². The van der Waals surface area contributed by atoms with Gasteiger partial charge in [-0.15, -0.1) is 0 Å². The number of hydrogen-bond acceptors (Lipinski definition) is 0. The minimum atomic E-state index is 0.0161. The van der Waals surface area contributed by atoms with Crippen molar-refractivity contribution in [3.8, 4) is 0 Å². The molecule has 0 saturated carbocycles. The molecule has 77 valence electrons. The van der Waals surface area contributed by atoms with Crippen LogP contribution in [0.5, 0.6) is 0 Å². The van der Waals surface area contributed by atoms with E-state index >= 15 is 0 Å². The van der Waals surface area contributed by atoms with E-state index in [1.165, 1.54) is 25.7 Å². The van der Waals surface area contributed by atoms with Crippen LogP contribution >= 0.6 is 0 Å². The number of allylic oxidation sites excluding steroid dienone is 8. The summed E-state index contributed by atoms with van der Waals surface area (Å²) in [6.45, 7) is 2.28. The van der Waals surface area contributed by atoms with Crippen LogP contribution in [-0.4, -0.2) is 0 Å². The summed E-state index contributed by atoms with van der Waals surface area (Å²) in [5.41, 5.74) is 1.69. The van der Waals surface area contributed by atoms with Crippen molar-refractivity contribution in [2.75, 3.05) is 0 Å². The van der Waals surface area contributed by atoms with Gasteiger partial charge in [0, 0.05) is 0 Å². The van der Waals surface area contributed by atoms with Gasteiger partial charge >= 0.3 is 94.4 Å². The fourth-order valence-electron chi connectivity index (χ4n) is 1.65. The van der Waals surface area contributed by atoms with Crippen LogP contribution in [-0.2, 0) is 17.7 Å². The maximum absolute atomic E-state index is 2.37. The molecule has 1 heteroatoms. The Labute approximate surface area is 94.4 Å². The predicted molar refractivity (Wildman–Crippen MR) is 57.5 cm³/mol. The Hall–Kier alpha value is -0.391. The molecule has 0 aliphatic heterocycles. The van der Waals surface area contributed by atoms with Crippen molar-refractivity contribution in [1.82, 2.24) is 0 Å². The first-order valence-electron chi connectivity index (χ1n) is 5.24. The van der Waals surface area contributed by atoms with Crippen LogP contribution in [0.1, 0.15) is 32.6 Å². The summed E-state index contributed by atoms with van der Waals surface area (Å²) in [6.07, 6.45) is 16.6. The van der Waals surface area contributed by atoms with Crippen molar-refractivity contribution in [3.05, 3.63) is 44.1 Å². The van der Waals surface area contributed by atoms with Crippen LogP contribution in [0.15, 0.2) is 44.1 Å². The van der Waals surface area contributed by atoms with Gasteiger partial charge in [0.25, 0.3) is 0 Å². The second-order valence-electron chi connectivity index (χ2n) is 3.52. The molecule has 0 nitrogen and oxygen atoms in total. The van der Waals surface area contributed by atoms with Crippen molar-refractivity contribution in [3.63, 3.8) is 0 Å². The van der Waals surface area contributed by atoms with E-state index in [1.54, 1.807) is 13.7 Å². The Morgan fingerprint density at radius 3 is 3.00 bits per heavy atom. The molecule has 0 aromatic carbocycles. The molecule has 0 N–H and O–H groups in total. The molecule has 0 heterocycles. The van der Waals surface area contributed by atoms with Crippen LogP contribution in [0, 0.1) is 0 Å². The van der Waals surface area contributed by atoms with Crippen molar-refractivity contribution >= 4 is 0 Å². The molecule has 0 radical (unpaired) electrons. The zero-order chi connectivity index (χ0) is 9.80. The van der Waals surface area contributed by atoms with E-state index in [1.807, 2.05) is 0 Å². The van der Waals surface area contributed by atoms with E-state index in [0.29, 0.717) is 0 Å². The fraction of sp³-hybridized carbons (Fsp3) is 0.385. The molecule has 0 fully saturated rings. The first-order chi connectivity index (χ1) is 6.90. The van der Waals surface area contributed by atoms with Gasteiger partial charge in [-0.2, -0.15) is 0 Å². The second kappa shape index (κ2) is 4.91. The Morgan fingerprint density at radius 2 is 2.29 bits per heavy atom. The molecule has 2 aliphatic rings. The van der Waals surface area contributed by atoms with Crippen LogP contribution in [0.3, 0.4) is 0 Å². The van der Waals surface area contributed by atoms with Gasteiger partial charge in [0.2, 0.25) is 0 Å². The summed E-state index contributed by atoms with van der Waals surface area (Å²) in [5, 5.41) is 0. The van der Waals surface area contributed by atoms with E-state index in [2.05, 4.69) is 37.3 Å². The maximum atomic E-state index is 2.37. The molecule has 2 rings (SSSR count). The van der Waals surface area contributed by atoms with Gasteiger partial charge in [-0.05, 0) is 0 Å². The summed E-state index contributed by atoms with van der Waals surface area (Å²) < 4.78 is 3.43. The van der Waals surface area contributed by atoms with Gasteiger partial charge < -0.3 is 0 Å². The average Bonchev–Trinajstić information content (AvgIpc) is 2.67. The van der Waals surface area contributed by atoms with Crippen molar-refractivity contribution in [2.24, 2.45) is 0 Å². The molecular weight excluding hydrogens is 348 g/mol. The van der Waals surface area contributed by atoms with Gasteiger partial charge in [0.15, 0.2) is 0 Å². The third kappa shape index (κ3) is 2.34. The first kappa shape index (κ1) is 10.1. The molecule has 0 unspecified atom stereocenters. The van der Waals surface area contributed by atoms with Crippen molar-refractivity contribution in [2.45, 2.75) is 32.6 Å². The van der Waals surface area contributed by atoms with Gasteiger partial charge in [-0.1, -0.05) is 0 Å². The molecular formula is C13H16Ir. The molecule has 0 bridgehead atoms. The standard InChI is InChI=1S/C7H9.C6H7.Ir/c1-2-7-5-3-4-6-7;1-2-4-6-5-3-1;/h3-4H,2,5H2,1H3;1-3H,4,6H2;. The molecule has 0 spiro atoms. The average molecular weight is 364 g/mol. The van der Waals surface area contributed by atoms with E-state index < -0.39 is 0 Å². The minimum absolute atomic E-state index is 0.0161. The Kier molecular flexibility index (Phi) is 3.55. The molecule has 0 saturated heterocycles. The first-order valence-corrected chi connectivity index (χ1v) is 7.64. The zero-order valence-corrected chi connectivity index (χ0v) is 10.9. The summed E-state index contributed by atoms with van der Waals surface area (Å²) in [4.78, 5) is 0. The normalized spacial score (nSPS) is 20.8. The van der Waals surface area contributed by atoms with Gasteiger partial charge in [0.1, 0.15) is 0 Å². The molecule has 0 amide bonds. The topological polar surface area (TPSA) is 0 Å². The molecule has 2 aliphatic carbocycles. The second-order valence-corrected chi connectivity index (χ2v) is 6.95. The zero-order valence-electron chi connectivity index (χ0n) is 8.55. The van der Waals surface area contributed by atoms with Crippen LogP contribution in [0.25, 0.3) is 0 Å². The Bertz CT molecular complexity index is 329. The summed E-state index contributed by atoms with van der Waals surface area (Å²) in [5.74, 6) is 0. The third-order valence-corrected chi connectivity index (χ3v) is 6.17. The predicted octanol–water partition coefficient (Wildman–Crippen LogP) is 3.93. The van der Waals surface area contributed by atoms with Crippen LogP contribution in [0.2, 0.25) is 0 Å². The third-order valence-electron chi connectivity index (χ3n) is 2.51. The van der Waals surface area contributed by atoms with Crippen LogP contribution in [0.4, 0.5) is 0 Å². The number of hydrogen-bond donors (Lipinski definition) is 0. The number of rotatable bonds is 3. The molecule has 0 atom stereocenters. The quantitative estimate of drug-likeness (QED) is 0.712. The van der Waals surface area contributed by atoms with Crippen LogP contribution < -0.4 is 0 Å². The SMILES string of the molecule is CCC1=[C]([Ir][C]2=CC=CCC2)C=CC1. The van der Waals surface area contributed by atoms with E-state index in [9.17, 15) is 0 Å². The molecule has 14 heavy (non-hydrogen) atoms. The van der Waals surface area contributed by atoms with E-state index in [4.69, 9.17) is 0 Å². The molecule has 0 aromatic heterocycles. The van der Waals surface area contributed by atoms with Gasteiger partial charge in [0.05, 0.1) is 0 Å². The summed E-state index contributed by atoms with van der Waals surface area (Å²) in [6, 6.07) is 0. The summed E-state index contributed by atoms with van der Waals surface area (Å²) >= 11 is 0.0161.